The summed E-state index contributed by atoms with van der Waals surface area (Å²) < 4.78 is 5.89. The van der Waals surface area contributed by atoms with Crippen molar-refractivity contribution in [2.75, 3.05) is 44.6 Å². The number of rotatable bonds is 8. The van der Waals surface area contributed by atoms with Gasteiger partial charge in [0.1, 0.15) is 12.4 Å². The second kappa shape index (κ2) is 9.53. The summed E-state index contributed by atoms with van der Waals surface area (Å²) in [4.78, 5) is 14.7. The van der Waals surface area contributed by atoms with Crippen molar-refractivity contribution in [1.29, 1.82) is 0 Å². The van der Waals surface area contributed by atoms with Gasteiger partial charge in [0.05, 0.1) is 11.6 Å². The predicted octanol–water partition coefficient (Wildman–Crippen LogP) is 2.35. The van der Waals surface area contributed by atoms with Crippen LogP contribution in [0.1, 0.15) is 26.7 Å². The van der Waals surface area contributed by atoms with Gasteiger partial charge in [-0.2, -0.15) is 0 Å². The largest absolute Gasteiger partial charge is 0.490 e. The first-order chi connectivity index (χ1) is 11.2. The number of piperidine rings is 1. The number of benzene rings is 1. The second-order valence-electron chi connectivity index (χ2n) is 5.90. The molecule has 0 radical (unpaired) electrons. The quantitative estimate of drug-likeness (QED) is 0.772. The molecule has 1 saturated heterocycles. The molecule has 1 fully saturated rings. The second-order valence-corrected chi connectivity index (χ2v) is 5.90. The zero-order chi connectivity index (χ0) is 16.5. The predicted molar refractivity (Wildman–Crippen MR) is 93.9 cm³/mol. The van der Waals surface area contributed by atoms with Gasteiger partial charge >= 0.3 is 0 Å². The van der Waals surface area contributed by atoms with E-state index < -0.39 is 0 Å². The number of para-hydroxylation sites is 2. The van der Waals surface area contributed by atoms with Gasteiger partial charge in [0, 0.05) is 13.1 Å². The van der Waals surface area contributed by atoms with Gasteiger partial charge in [-0.3, -0.25) is 4.79 Å². The van der Waals surface area contributed by atoms with Crippen LogP contribution >= 0.6 is 0 Å². The van der Waals surface area contributed by atoms with Crippen LogP contribution in [0.15, 0.2) is 24.3 Å². The highest BCUT2D eigenvalue weighted by atomic mass is 16.5. The third-order valence-corrected chi connectivity index (χ3v) is 4.37. The first-order valence-corrected chi connectivity index (χ1v) is 8.70. The highest BCUT2D eigenvalue weighted by molar-refractivity contribution is 5.94. The van der Waals surface area contributed by atoms with E-state index in [2.05, 4.69) is 29.4 Å². The minimum absolute atomic E-state index is 0.0486. The first-order valence-electron chi connectivity index (χ1n) is 8.70. The third kappa shape index (κ3) is 5.52. The summed E-state index contributed by atoms with van der Waals surface area (Å²) in [5.41, 5.74) is 0.766. The fourth-order valence-corrected chi connectivity index (χ4v) is 2.83. The first kappa shape index (κ1) is 17.8. The number of anilines is 1. The average Bonchev–Trinajstić information content (AvgIpc) is 2.61. The van der Waals surface area contributed by atoms with E-state index in [1.807, 2.05) is 24.3 Å². The zero-order valence-electron chi connectivity index (χ0n) is 14.3. The Bertz CT molecular complexity index is 483. The number of ether oxygens (including phenoxy) is 1. The van der Waals surface area contributed by atoms with E-state index in [0.29, 0.717) is 6.61 Å². The van der Waals surface area contributed by atoms with Crippen LogP contribution in [0, 0.1) is 5.92 Å². The summed E-state index contributed by atoms with van der Waals surface area (Å²) in [6.45, 7) is 9.62. The molecule has 128 valence electrons. The zero-order valence-corrected chi connectivity index (χ0v) is 14.3. The number of hydrogen-bond donors (Lipinski definition) is 2. The molecule has 0 bridgehead atoms. The number of hydrogen-bond acceptors (Lipinski definition) is 4. The molecule has 1 aliphatic heterocycles. The van der Waals surface area contributed by atoms with Crippen molar-refractivity contribution in [3.8, 4) is 5.75 Å². The van der Waals surface area contributed by atoms with Crippen LogP contribution in [-0.4, -0.2) is 50.1 Å². The summed E-state index contributed by atoms with van der Waals surface area (Å²) >= 11 is 0. The Kier molecular flexibility index (Phi) is 7.36. The molecule has 1 aromatic carbocycles. The molecule has 2 N–H and O–H groups in total. The lowest BCUT2D eigenvalue weighted by molar-refractivity contribution is -0.120. The lowest BCUT2D eigenvalue weighted by Crippen LogP contribution is -2.37. The van der Waals surface area contributed by atoms with Crippen molar-refractivity contribution in [1.82, 2.24) is 10.2 Å². The topological polar surface area (TPSA) is 53.6 Å². The summed E-state index contributed by atoms with van der Waals surface area (Å²) in [5.74, 6) is 0.876. The number of carbonyl (C=O) groups is 1. The Morgan fingerprint density at radius 1 is 1.35 bits per heavy atom. The molecule has 1 heterocycles. The Labute approximate surface area is 139 Å². The molecule has 5 nitrogen and oxygen atoms in total. The standard InChI is InChI=1S/C18H29N3O2/c1-3-21(4-2)12-13-23-17-10-6-5-9-16(17)20-18(22)15-8-7-11-19-14-15/h5-6,9-10,15,19H,3-4,7-8,11-14H2,1-2H3,(H,20,22). The molecule has 1 aliphatic rings. The van der Waals surface area contributed by atoms with Crippen molar-refractivity contribution in [2.45, 2.75) is 26.7 Å². The van der Waals surface area contributed by atoms with Crippen LogP contribution in [0.2, 0.25) is 0 Å². The van der Waals surface area contributed by atoms with Crippen molar-refractivity contribution in [3.05, 3.63) is 24.3 Å². The molecule has 0 aromatic heterocycles. The van der Waals surface area contributed by atoms with Crippen molar-refractivity contribution in [2.24, 2.45) is 5.92 Å². The summed E-state index contributed by atoms with van der Waals surface area (Å²) in [5, 5.41) is 6.31. The van der Waals surface area contributed by atoms with E-state index in [9.17, 15) is 4.79 Å². The van der Waals surface area contributed by atoms with Gasteiger partial charge in [-0.25, -0.2) is 0 Å². The number of likely N-dealkylation sites (N-methyl/N-ethyl adjacent to an activating group) is 1. The Hall–Kier alpha value is -1.59. The molecule has 0 spiro atoms. The number of nitrogens with zero attached hydrogens (tertiary/aromatic N) is 1. The molecular formula is C18H29N3O2. The van der Waals surface area contributed by atoms with E-state index >= 15 is 0 Å². The van der Waals surface area contributed by atoms with Crippen LogP contribution < -0.4 is 15.4 Å². The summed E-state index contributed by atoms with van der Waals surface area (Å²) in [6.07, 6.45) is 2.00. The Morgan fingerprint density at radius 2 is 2.13 bits per heavy atom. The average molecular weight is 319 g/mol. The van der Waals surface area contributed by atoms with Crippen LogP contribution in [0.3, 0.4) is 0 Å². The van der Waals surface area contributed by atoms with Crippen molar-refractivity contribution < 1.29 is 9.53 Å². The fourth-order valence-electron chi connectivity index (χ4n) is 2.83. The molecular weight excluding hydrogens is 290 g/mol. The fraction of sp³-hybridized carbons (Fsp3) is 0.611. The maximum Gasteiger partial charge on any atom is 0.228 e. The summed E-state index contributed by atoms with van der Waals surface area (Å²) in [7, 11) is 0. The monoisotopic (exact) mass is 319 g/mol. The summed E-state index contributed by atoms with van der Waals surface area (Å²) in [6, 6.07) is 7.68. The Morgan fingerprint density at radius 3 is 2.83 bits per heavy atom. The minimum Gasteiger partial charge on any atom is -0.490 e. The molecule has 1 amide bonds. The minimum atomic E-state index is 0.0486. The van der Waals surface area contributed by atoms with Gasteiger partial charge in [0.25, 0.3) is 0 Å². The van der Waals surface area contributed by atoms with Gasteiger partial charge < -0.3 is 20.3 Å². The van der Waals surface area contributed by atoms with Crippen LogP contribution in [0.25, 0.3) is 0 Å². The van der Waals surface area contributed by atoms with Gasteiger partial charge in [-0.15, -0.1) is 0 Å². The maximum absolute atomic E-state index is 12.4. The third-order valence-electron chi connectivity index (χ3n) is 4.37. The van der Waals surface area contributed by atoms with Gasteiger partial charge in [0.2, 0.25) is 5.91 Å². The van der Waals surface area contributed by atoms with Gasteiger partial charge in [-0.05, 0) is 44.6 Å². The molecule has 1 aromatic rings. The van der Waals surface area contributed by atoms with Crippen LogP contribution in [0.5, 0.6) is 5.75 Å². The smallest absolute Gasteiger partial charge is 0.228 e. The van der Waals surface area contributed by atoms with Crippen molar-refractivity contribution >= 4 is 11.6 Å². The van der Waals surface area contributed by atoms with Crippen LogP contribution in [0.4, 0.5) is 5.69 Å². The number of amides is 1. The van der Waals surface area contributed by atoms with E-state index in [1.54, 1.807) is 0 Å². The number of nitrogens with one attached hydrogen (secondary N) is 2. The van der Waals surface area contributed by atoms with Gasteiger partial charge in [-0.1, -0.05) is 26.0 Å². The SMILES string of the molecule is CCN(CC)CCOc1ccccc1NC(=O)C1CCCNC1. The highest BCUT2D eigenvalue weighted by Crippen LogP contribution is 2.25. The highest BCUT2D eigenvalue weighted by Gasteiger charge is 2.21. The molecule has 23 heavy (non-hydrogen) atoms. The maximum atomic E-state index is 12.4. The van der Waals surface area contributed by atoms with Crippen molar-refractivity contribution in [3.63, 3.8) is 0 Å². The van der Waals surface area contributed by atoms with E-state index in [-0.39, 0.29) is 11.8 Å². The van der Waals surface area contributed by atoms with Crippen LogP contribution in [-0.2, 0) is 4.79 Å². The normalized spacial score (nSPS) is 18.0. The van der Waals surface area contributed by atoms with Gasteiger partial charge in [0.15, 0.2) is 0 Å². The van der Waals surface area contributed by atoms with E-state index in [4.69, 9.17) is 4.74 Å². The van der Waals surface area contributed by atoms with E-state index in [1.165, 1.54) is 0 Å². The van der Waals surface area contributed by atoms with E-state index in [0.717, 1.165) is 57.0 Å². The lowest BCUT2D eigenvalue weighted by Gasteiger charge is -2.23. The lowest BCUT2D eigenvalue weighted by atomic mass is 9.99. The molecule has 2 rings (SSSR count). The molecule has 1 unspecified atom stereocenters. The molecule has 5 heteroatoms. The number of carbonyl (C=O) groups excluding carboxylic acids is 1. The Balaban J connectivity index is 1.90. The molecule has 0 aliphatic carbocycles. The molecule has 0 saturated carbocycles. The molecule has 1 atom stereocenters.